The average molecular weight is 524 g/mol. The molecule has 1 fully saturated rings. The molecule has 2 aromatic carbocycles. The van der Waals surface area contributed by atoms with Gasteiger partial charge < -0.3 is 30.1 Å². The van der Waals surface area contributed by atoms with Gasteiger partial charge >= 0.3 is 12.2 Å². The Bertz CT molecular complexity index is 1170. The predicted molar refractivity (Wildman–Crippen MR) is 125 cm³/mol. The van der Waals surface area contributed by atoms with Gasteiger partial charge in [-0.25, -0.2) is 18.4 Å². The molecule has 2 heterocycles. The van der Waals surface area contributed by atoms with Crippen molar-refractivity contribution in [1.29, 1.82) is 0 Å². The zero-order valence-electron chi connectivity index (χ0n) is 19.1. The number of ether oxygens (including phenoxy) is 2. The number of nitrogens with zero attached hydrogens (tertiary/aromatic N) is 1. The molecule has 3 N–H and O–H groups in total. The van der Waals surface area contributed by atoms with E-state index in [2.05, 4.69) is 10.6 Å². The second kappa shape index (κ2) is 11.0. The zero-order valence-corrected chi connectivity index (χ0v) is 19.8. The molecule has 2 aliphatic rings. The molecule has 12 heteroatoms. The summed E-state index contributed by atoms with van der Waals surface area (Å²) in [5.41, 5.74) is 0.308. The van der Waals surface area contributed by atoms with Crippen LogP contribution < -0.4 is 15.4 Å². The van der Waals surface area contributed by atoms with E-state index in [0.29, 0.717) is 25.9 Å². The molecule has 36 heavy (non-hydrogen) atoms. The minimum absolute atomic E-state index is 0.00157. The van der Waals surface area contributed by atoms with Gasteiger partial charge in [0.1, 0.15) is 17.4 Å². The Hall–Kier alpha value is -3.60. The van der Waals surface area contributed by atoms with Crippen molar-refractivity contribution in [3.8, 4) is 5.75 Å². The number of hydrogen-bond donors (Lipinski definition) is 3. The van der Waals surface area contributed by atoms with Crippen molar-refractivity contribution in [3.05, 3.63) is 58.1 Å². The first-order valence-electron chi connectivity index (χ1n) is 11.4. The summed E-state index contributed by atoms with van der Waals surface area (Å²) in [5, 5.41) is 14.1. The van der Waals surface area contributed by atoms with Crippen LogP contribution >= 0.6 is 11.6 Å². The van der Waals surface area contributed by atoms with Crippen molar-refractivity contribution in [2.75, 3.05) is 31.6 Å². The Morgan fingerprint density at radius 1 is 1.11 bits per heavy atom. The summed E-state index contributed by atoms with van der Waals surface area (Å²) >= 11 is 5.76. The molecule has 1 saturated heterocycles. The fraction of sp³-hybridized carbons (Fsp3) is 0.375. The van der Waals surface area contributed by atoms with Crippen LogP contribution in [-0.4, -0.2) is 54.4 Å². The van der Waals surface area contributed by atoms with E-state index in [9.17, 15) is 23.2 Å². The first kappa shape index (κ1) is 25.5. The van der Waals surface area contributed by atoms with Crippen LogP contribution in [0.4, 0.5) is 24.1 Å². The number of fused-ring (bicyclic) bond motifs is 1. The number of rotatable bonds is 5. The van der Waals surface area contributed by atoms with Crippen molar-refractivity contribution in [1.82, 2.24) is 10.2 Å². The number of amides is 3. The van der Waals surface area contributed by atoms with Crippen molar-refractivity contribution in [2.45, 2.75) is 25.3 Å². The SMILES string of the molecule is O=C(NC1CCOc2c(C(=O)Nc3ccc(F)c(Cl)c3)ccc(F)c21)OCC1CCN(C(=O)O)CC1. The highest BCUT2D eigenvalue weighted by molar-refractivity contribution is 6.31. The molecule has 1 atom stereocenters. The number of carbonyl (C=O) groups excluding carboxylic acids is 2. The van der Waals surface area contributed by atoms with Crippen LogP contribution in [-0.2, 0) is 4.74 Å². The lowest BCUT2D eigenvalue weighted by Gasteiger charge is -2.30. The first-order chi connectivity index (χ1) is 17.2. The molecule has 4 rings (SSSR count). The first-order valence-corrected chi connectivity index (χ1v) is 11.7. The van der Waals surface area contributed by atoms with Crippen LogP contribution in [0.15, 0.2) is 30.3 Å². The third-order valence-corrected chi connectivity index (χ3v) is 6.48. The minimum atomic E-state index is -0.971. The smallest absolute Gasteiger partial charge is 0.407 e. The van der Waals surface area contributed by atoms with Crippen LogP contribution in [0.1, 0.15) is 41.2 Å². The normalized spacial score (nSPS) is 17.5. The molecule has 2 aliphatic heterocycles. The van der Waals surface area contributed by atoms with Gasteiger partial charge in [-0.05, 0) is 49.1 Å². The summed E-state index contributed by atoms with van der Waals surface area (Å²) in [7, 11) is 0. The summed E-state index contributed by atoms with van der Waals surface area (Å²) in [6.07, 6.45) is -0.308. The van der Waals surface area contributed by atoms with Gasteiger partial charge in [-0.3, -0.25) is 4.79 Å². The van der Waals surface area contributed by atoms with Crippen LogP contribution in [0.5, 0.6) is 5.75 Å². The molecule has 0 aromatic heterocycles. The Kier molecular flexibility index (Phi) is 7.78. The summed E-state index contributed by atoms with van der Waals surface area (Å²) in [4.78, 5) is 37.6. The van der Waals surface area contributed by atoms with Gasteiger partial charge in [-0.1, -0.05) is 11.6 Å². The lowest BCUT2D eigenvalue weighted by Crippen LogP contribution is -2.39. The standard InChI is InChI=1S/C24H24ClF2N3O6/c25-16-11-14(1-3-17(16)26)28-22(31)15-2-4-18(27)20-19(7-10-35-21(15)20)29-23(32)36-12-13-5-8-30(9-6-13)24(33)34/h1-4,11,13,19H,5-10,12H2,(H,28,31)(H,29,32)(H,33,34). The van der Waals surface area contributed by atoms with Gasteiger partial charge in [0, 0.05) is 25.2 Å². The van der Waals surface area contributed by atoms with Crippen LogP contribution in [0.25, 0.3) is 0 Å². The van der Waals surface area contributed by atoms with Gasteiger partial charge in [0.05, 0.1) is 35.4 Å². The molecule has 3 amide bonds. The van der Waals surface area contributed by atoms with Gasteiger partial charge in [-0.2, -0.15) is 0 Å². The molecule has 0 bridgehead atoms. The third kappa shape index (κ3) is 5.78. The van der Waals surface area contributed by atoms with E-state index in [1.165, 1.54) is 23.1 Å². The second-order valence-corrected chi connectivity index (χ2v) is 8.97. The topological polar surface area (TPSA) is 117 Å². The van der Waals surface area contributed by atoms with Gasteiger partial charge in [0.25, 0.3) is 5.91 Å². The highest BCUT2D eigenvalue weighted by Gasteiger charge is 2.31. The molecular formula is C24H24ClF2N3O6. The van der Waals surface area contributed by atoms with Crippen molar-refractivity contribution in [2.24, 2.45) is 5.92 Å². The Labute approximate surface area is 210 Å². The molecule has 0 radical (unpaired) electrons. The van der Waals surface area contributed by atoms with Crippen LogP contribution in [0.2, 0.25) is 5.02 Å². The molecule has 1 unspecified atom stereocenters. The maximum Gasteiger partial charge on any atom is 0.407 e. The number of alkyl carbamates (subject to hydrolysis) is 1. The maximum absolute atomic E-state index is 14.8. The quantitative estimate of drug-likeness (QED) is 0.518. The number of halogens is 3. The lowest BCUT2D eigenvalue weighted by atomic mass is 9.96. The summed E-state index contributed by atoms with van der Waals surface area (Å²) in [6, 6.07) is 5.27. The second-order valence-electron chi connectivity index (χ2n) is 8.57. The molecule has 0 aliphatic carbocycles. The van der Waals surface area contributed by atoms with Gasteiger partial charge in [0.2, 0.25) is 0 Å². The monoisotopic (exact) mass is 523 g/mol. The van der Waals surface area contributed by atoms with E-state index in [0.717, 1.165) is 12.1 Å². The van der Waals surface area contributed by atoms with E-state index >= 15 is 0 Å². The van der Waals surface area contributed by atoms with E-state index < -0.39 is 35.8 Å². The van der Waals surface area contributed by atoms with Gasteiger partial charge in [-0.15, -0.1) is 0 Å². The average Bonchev–Trinajstić information content (AvgIpc) is 2.85. The van der Waals surface area contributed by atoms with Crippen molar-refractivity contribution >= 4 is 35.4 Å². The number of nitrogens with one attached hydrogen (secondary N) is 2. The van der Waals surface area contributed by atoms with E-state index in [1.54, 1.807) is 0 Å². The largest absolute Gasteiger partial charge is 0.492 e. The van der Waals surface area contributed by atoms with Crippen molar-refractivity contribution < 1.29 is 37.7 Å². The molecule has 192 valence electrons. The van der Waals surface area contributed by atoms with E-state index in [1.807, 2.05) is 0 Å². The Balaban J connectivity index is 1.41. The fourth-order valence-corrected chi connectivity index (χ4v) is 4.42. The highest BCUT2D eigenvalue weighted by Crippen LogP contribution is 2.37. The number of piperidine rings is 1. The fourth-order valence-electron chi connectivity index (χ4n) is 4.24. The molecule has 2 aromatic rings. The Morgan fingerprint density at radius 3 is 2.53 bits per heavy atom. The molecule has 9 nitrogen and oxygen atoms in total. The number of anilines is 1. The molecule has 0 saturated carbocycles. The maximum atomic E-state index is 14.8. The zero-order chi connectivity index (χ0) is 25.8. The van der Waals surface area contributed by atoms with Crippen LogP contribution in [0.3, 0.4) is 0 Å². The van der Waals surface area contributed by atoms with E-state index in [4.69, 9.17) is 26.2 Å². The van der Waals surface area contributed by atoms with Crippen LogP contribution in [0, 0.1) is 17.6 Å². The minimum Gasteiger partial charge on any atom is -0.492 e. The highest BCUT2D eigenvalue weighted by atomic mass is 35.5. The van der Waals surface area contributed by atoms with Gasteiger partial charge in [0.15, 0.2) is 0 Å². The third-order valence-electron chi connectivity index (χ3n) is 6.19. The van der Waals surface area contributed by atoms with Crippen molar-refractivity contribution in [3.63, 3.8) is 0 Å². The Morgan fingerprint density at radius 2 is 1.83 bits per heavy atom. The number of carboxylic acid groups (broad SMARTS) is 1. The number of benzene rings is 2. The summed E-state index contributed by atoms with van der Waals surface area (Å²) < 4.78 is 39.1. The predicted octanol–water partition coefficient (Wildman–Crippen LogP) is 4.81. The lowest BCUT2D eigenvalue weighted by molar-refractivity contribution is 0.0863. The van der Waals surface area contributed by atoms with E-state index in [-0.39, 0.29) is 53.1 Å². The summed E-state index contributed by atoms with van der Waals surface area (Å²) in [5.74, 6) is -1.88. The number of carbonyl (C=O) groups is 3. The molecule has 0 spiro atoms. The molecular weight excluding hydrogens is 500 g/mol. The number of hydrogen-bond acceptors (Lipinski definition) is 5. The number of likely N-dealkylation sites (tertiary alicyclic amines) is 1. The summed E-state index contributed by atoms with van der Waals surface area (Å²) in [6.45, 7) is 0.981.